The Morgan fingerprint density at radius 1 is 1.14 bits per heavy atom. The molecule has 0 aromatic heterocycles. The fourth-order valence-corrected chi connectivity index (χ4v) is 4.53. The first kappa shape index (κ1) is 9.46. The van der Waals surface area contributed by atoms with Crippen LogP contribution >= 0.6 is 24.8 Å². The number of hydrogen-bond acceptors (Lipinski definition) is 2. The molecule has 0 N–H and O–H groups in total. The largest absolute Gasteiger partial charge is 0.475 e. The lowest BCUT2D eigenvalue weighted by atomic mass is 9.80. The number of fused-ring (bicyclic) bond motifs is 5. The van der Waals surface area contributed by atoms with Crippen molar-refractivity contribution >= 4 is 29.2 Å². The first-order valence-electron chi connectivity index (χ1n) is 5.65. The van der Waals surface area contributed by atoms with E-state index >= 15 is 0 Å². The fourth-order valence-electron chi connectivity index (χ4n) is 4.27. The van der Waals surface area contributed by atoms with E-state index in [-0.39, 0.29) is 0 Å². The van der Waals surface area contributed by atoms with Gasteiger partial charge >= 0.3 is 0 Å². The van der Waals surface area contributed by atoms with Gasteiger partial charge in [-0.1, -0.05) is 19.0 Å². The van der Waals surface area contributed by atoms with Crippen molar-refractivity contribution in [1.82, 2.24) is 0 Å². The molecule has 3 saturated carbocycles. The van der Waals surface area contributed by atoms with E-state index in [4.69, 9.17) is 17.0 Å². The highest BCUT2D eigenvalue weighted by Gasteiger charge is 2.54. The highest BCUT2D eigenvalue weighted by atomic mass is 32.1. The molecule has 0 aromatic carbocycles. The summed E-state index contributed by atoms with van der Waals surface area (Å²) in [5, 5.41) is 0. The minimum atomic E-state index is 0.407. The van der Waals surface area contributed by atoms with Gasteiger partial charge in [0.05, 0.1) is 0 Å². The summed E-state index contributed by atoms with van der Waals surface area (Å²) in [7, 11) is 0. The van der Waals surface area contributed by atoms with Gasteiger partial charge in [-0.15, -0.1) is 0 Å². The molecule has 0 spiro atoms. The molecule has 0 unspecified atom stereocenters. The van der Waals surface area contributed by atoms with Crippen LogP contribution < -0.4 is 0 Å². The number of thiol groups is 1. The summed E-state index contributed by atoms with van der Waals surface area (Å²) in [4.78, 5) is 0. The predicted octanol–water partition coefficient (Wildman–Crippen LogP) is 3.04. The molecule has 3 rings (SSSR count). The molecule has 3 heteroatoms. The second-order valence-corrected chi connectivity index (χ2v) is 6.16. The SMILES string of the molecule is S=C(S)O[C@H]1C[C@H]2C[C@H]1[C@@H]1CCC[C@H]21. The van der Waals surface area contributed by atoms with Gasteiger partial charge in [0, 0.05) is 0 Å². The molecule has 0 heterocycles. The molecule has 3 aliphatic carbocycles. The lowest BCUT2D eigenvalue weighted by molar-refractivity contribution is 0.0814. The third kappa shape index (κ3) is 1.32. The highest BCUT2D eigenvalue weighted by Crippen LogP contribution is 2.59. The number of hydrogen-bond donors (Lipinski definition) is 1. The molecule has 78 valence electrons. The summed E-state index contributed by atoms with van der Waals surface area (Å²) in [6, 6.07) is 0. The summed E-state index contributed by atoms with van der Waals surface area (Å²) in [5.41, 5.74) is 0. The maximum Gasteiger partial charge on any atom is 0.217 e. The minimum absolute atomic E-state index is 0.407. The van der Waals surface area contributed by atoms with Crippen LogP contribution in [-0.2, 0) is 4.74 Å². The van der Waals surface area contributed by atoms with E-state index in [1.165, 1.54) is 32.1 Å². The van der Waals surface area contributed by atoms with Crippen LogP contribution in [0, 0.1) is 23.7 Å². The quantitative estimate of drug-likeness (QED) is 0.545. The maximum atomic E-state index is 5.65. The zero-order valence-corrected chi connectivity index (χ0v) is 9.90. The van der Waals surface area contributed by atoms with Crippen LogP contribution in [0.5, 0.6) is 0 Å². The van der Waals surface area contributed by atoms with Crippen molar-refractivity contribution in [3.8, 4) is 0 Å². The van der Waals surface area contributed by atoms with Crippen LogP contribution in [0.15, 0.2) is 0 Å². The number of ether oxygens (including phenoxy) is 1. The van der Waals surface area contributed by atoms with E-state index in [0.29, 0.717) is 10.5 Å². The van der Waals surface area contributed by atoms with E-state index in [2.05, 4.69) is 12.6 Å². The predicted molar refractivity (Wildman–Crippen MR) is 63.5 cm³/mol. The van der Waals surface area contributed by atoms with Crippen molar-refractivity contribution in [2.24, 2.45) is 23.7 Å². The van der Waals surface area contributed by atoms with E-state index < -0.39 is 0 Å². The summed E-state index contributed by atoms with van der Waals surface area (Å²) in [5.74, 6) is 3.74. The van der Waals surface area contributed by atoms with Crippen molar-refractivity contribution in [3.05, 3.63) is 0 Å². The van der Waals surface area contributed by atoms with Crippen molar-refractivity contribution < 1.29 is 4.74 Å². The Morgan fingerprint density at radius 3 is 2.71 bits per heavy atom. The minimum Gasteiger partial charge on any atom is -0.475 e. The molecule has 0 aromatic rings. The summed E-state index contributed by atoms with van der Waals surface area (Å²) < 4.78 is 6.09. The van der Waals surface area contributed by atoms with Crippen LogP contribution in [0.3, 0.4) is 0 Å². The highest BCUT2D eigenvalue weighted by molar-refractivity contribution is 8.10. The van der Waals surface area contributed by atoms with E-state index in [1.807, 2.05) is 0 Å². The molecule has 2 bridgehead atoms. The third-order valence-electron chi connectivity index (χ3n) is 4.62. The lowest BCUT2D eigenvalue weighted by Crippen LogP contribution is -2.30. The Bertz CT molecular complexity index is 266. The van der Waals surface area contributed by atoms with Gasteiger partial charge in [-0.25, -0.2) is 0 Å². The molecule has 3 fully saturated rings. The summed E-state index contributed by atoms with van der Waals surface area (Å²) in [6.07, 6.45) is 7.41. The van der Waals surface area contributed by atoms with Crippen molar-refractivity contribution in [1.29, 1.82) is 0 Å². The molecule has 3 aliphatic rings. The molecule has 0 aliphatic heterocycles. The molecule has 0 amide bonds. The number of thiocarbonyl (C=S) groups is 1. The van der Waals surface area contributed by atoms with Gasteiger partial charge in [-0.2, -0.15) is 0 Å². The second-order valence-electron chi connectivity index (χ2n) is 5.08. The average molecular weight is 228 g/mol. The fraction of sp³-hybridized carbons (Fsp3) is 0.909. The smallest absolute Gasteiger partial charge is 0.217 e. The Balaban J connectivity index is 1.73. The zero-order valence-electron chi connectivity index (χ0n) is 8.19. The monoisotopic (exact) mass is 228 g/mol. The maximum absolute atomic E-state index is 5.65. The standard InChI is InChI=1S/C11H16OS2/c13-11(14)12-10-5-6-4-9(10)8-3-1-2-7(6)8/h6-10H,1-5H2,(H,13,14)/t6-,7-,8-,9+,10+/m1/s1. The lowest BCUT2D eigenvalue weighted by Gasteiger charge is -2.31. The van der Waals surface area contributed by atoms with Crippen LogP contribution in [0.4, 0.5) is 0 Å². The van der Waals surface area contributed by atoms with Crippen LogP contribution in [-0.4, -0.2) is 10.5 Å². The Morgan fingerprint density at radius 2 is 1.93 bits per heavy atom. The Kier molecular flexibility index (Phi) is 2.28. The van der Waals surface area contributed by atoms with E-state index in [9.17, 15) is 0 Å². The second kappa shape index (κ2) is 3.38. The Hall–Kier alpha value is 0.240. The topological polar surface area (TPSA) is 9.23 Å². The van der Waals surface area contributed by atoms with Crippen LogP contribution in [0.2, 0.25) is 0 Å². The Labute approximate surface area is 96.0 Å². The molecular formula is C11H16OS2. The molecular weight excluding hydrogens is 212 g/mol. The molecule has 14 heavy (non-hydrogen) atoms. The molecule has 0 radical (unpaired) electrons. The van der Waals surface area contributed by atoms with Crippen molar-refractivity contribution in [3.63, 3.8) is 0 Å². The van der Waals surface area contributed by atoms with Crippen molar-refractivity contribution in [2.75, 3.05) is 0 Å². The molecule has 1 nitrogen and oxygen atoms in total. The first-order chi connectivity index (χ1) is 6.75. The third-order valence-corrected chi connectivity index (χ3v) is 4.82. The summed E-state index contributed by atoms with van der Waals surface area (Å²) >= 11 is 8.98. The van der Waals surface area contributed by atoms with Crippen LogP contribution in [0.25, 0.3) is 0 Å². The number of rotatable bonds is 1. The van der Waals surface area contributed by atoms with Gasteiger partial charge in [0.1, 0.15) is 6.10 Å². The average Bonchev–Trinajstić information content (AvgIpc) is 2.68. The van der Waals surface area contributed by atoms with Gasteiger partial charge < -0.3 is 4.74 Å². The van der Waals surface area contributed by atoms with Crippen molar-refractivity contribution in [2.45, 2.75) is 38.2 Å². The summed E-state index contributed by atoms with van der Waals surface area (Å²) in [6.45, 7) is 0. The van der Waals surface area contributed by atoms with Gasteiger partial charge in [0.2, 0.25) is 4.38 Å². The normalized spacial score (nSPS) is 49.4. The molecule has 0 saturated heterocycles. The van der Waals surface area contributed by atoms with E-state index in [0.717, 1.165) is 23.7 Å². The van der Waals surface area contributed by atoms with E-state index in [1.54, 1.807) is 0 Å². The first-order valence-corrected chi connectivity index (χ1v) is 6.51. The molecule has 5 atom stereocenters. The zero-order chi connectivity index (χ0) is 9.71. The van der Waals surface area contributed by atoms with Gasteiger partial charge in [0.15, 0.2) is 0 Å². The van der Waals surface area contributed by atoms with Gasteiger partial charge in [-0.3, -0.25) is 0 Å². The van der Waals surface area contributed by atoms with Gasteiger partial charge in [-0.05, 0) is 61.6 Å². The van der Waals surface area contributed by atoms with Gasteiger partial charge in [0.25, 0.3) is 0 Å². The van der Waals surface area contributed by atoms with Crippen LogP contribution in [0.1, 0.15) is 32.1 Å².